The van der Waals surface area contributed by atoms with Crippen LogP contribution in [-0.2, 0) is 20.7 Å². The SMILES string of the molecule is CCOC(=O)C(=O)Cc1cc(N(C)C)ncn1. The molecule has 1 heterocycles. The van der Waals surface area contributed by atoms with Crippen molar-refractivity contribution in [2.24, 2.45) is 0 Å². The van der Waals surface area contributed by atoms with E-state index >= 15 is 0 Å². The van der Waals surface area contributed by atoms with Gasteiger partial charge in [-0.05, 0) is 6.92 Å². The predicted octanol–water partition coefficient (Wildman–Crippen LogP) is 0.217. The molecule has 0 aliphatic heterocycles. The van der Waals surface area contributed by atoms with Crippen LogP contribution in [0.3, 0.4) is 0 Å². The molecule has 0 atom stereocenters. The van der Waals surface area contributed by atoms with Crippen molar-refractivity contribution in [2.75, 3.05) is 25.6 Å². The molecular weight excluding hydrogens is 222 g/mol. The third-order valence-corrected chi connectivity index (χ3v) is 2.01. The van der Waals surface area contributed by atoms with Gasteiger partial charge in [0.25, 0.3) is 0 Å². The van der Waals surface area contributed by atoms with Gasteiger partial charge >= 0.3 is 5.97 Å². The van der Waals surface area contributed by atoms with E-state index in [1.54, 1.807) is 17.9 Å². The minimum atomic E-state index is -0.822. The van der Waals surface area contributed by atoms with E-state index in [1.807, 2.05) is 14.1 Å². The van der Waals surface area contributed by atoms with E-state index in [-0.39, 0.29) is 13.0 Å². The second-order valence-corrected chi connectivity index (χ2v) is 3.58. The highest BCUT2D eigenvalue weighted by Crippen LogP contribution is 2.07. The zero-order valence-electron chi connectivity index (χ0n) is 10.1. The molecule has 0 saturated carbocycles. The lowest BCUT2D eigenvalue weighted by atomic mass is 10.2. The van der Waals surface area contributed by atoms with E-state index in [0.29, 0.717) is 11.5 Å². The monoisotopic (exact) mass is 237 g/mol. The van der Waals surface area contributed by atoms with Crippen LogP contribution in [0.5, 0.6) is 0 Å². The summed E-state index contributed by atoms with van der Waals surface area (Å²) in [6.45, 7) is 1.84. The Bertz CT molecular complexity index is 418. The molecule has 0 radical (unpaired) electrons. The summed E-state index contributed by atoms with van der Waals surface area (Å²) >= 11 is 0. The second-order valence-electron chi connectivity index (χ2n) is 3.58. The fourth-order valence-electron chi connectivity index (χ4n) is 1.18. The summed E-state index contributed by atoms with van der Waals surface area (Å²) in [4.78, 5) is 32.3. The summed E-state index contributed by atoms with van der Waals surface area (Å²) in [6, 6.07) is 1.66. The molecule has 0 fully saturated rings. The van der Waals surface area contributed by atoms with Crippen molar-refractivity contribution in [1.82, 2.24) is 9.97 Å². The Morgan fingerprint density at radius 2 is 2.06 bits per heavy atom. The number of carbonyl (C=O) groups is 2. The summed E-state index contributed by atoms with van der Waals surface area (Å²) in [5.74, 6) is -0.737. The first-order valence-corrected chi connectivity index (χ1v) is 5.22. The lowest BCUT2D eigenvalue weighted by Crippen LogP contribution is -2.20. The van der Waals surface area contributed by atoms with Crippen molar-refractivity contribution in [3.05, 3.63) is 18.1 Å². The van der Waals surface area contributed by atoms with Gasteiger partial charge in [0.1, 0.15) is 12.1 Å². The molecule has 6 heteroatoms. The molecule has 0 aliphatic rings. The molecular formula is C11H15N3O3. The van der Waals surface area contributed by atoms with Crippen LogP contribution in [0.25, 0.3) is 0 Å². The zero-order chi connectivity index (χ0) is 12.8. The molecule has 0 saturated heterocycles. The van der Waals surface area contributed by atoms with Gasteiger partial charge in [0, 0.05) is 20.2 Å². The van der Waals surface area contributed by atoms with E-state index in [4.69, 9.17) is 0 Å². The van der Waals surface area contributed by atoms with Gasteiger partial charge in [-0.2, -0.15) is 0 Å². The number of hydrogen-bond donors (Lipinski definition) is 0. The molecule has 0 aliphatic carbocycles. The highest BCUT2D eigenvalue weighted by Gasteiger charge is 2.16. The number of ketones is 1. The number of esters is 1. The highest BCUT2D eigenvalue weighted by atomic mass is 16.5. The van der Waals surface area contributed by atoms with Gasteiger partial charge in [0.2, 0.25) is 5.78 Å². The van der Waals surface area contributed by atoms with Crippen LogP contribution in [0.2, 0.25) is 0 Å². The number of aromatic nitrogens is 2. The highest BCUT2D eigenvalue weighted by molar-refractivity contribution is 6.34. The van der Waals surface area contributed by atoms with Crippen molar-refractivity contribution in [2.45, 2.75) is 13.3 Å². The number of hydrogen-bond acceptors (Lipinski definition) is 6. The van der Waals surface area contributed by atoms with Crippen LogP contribution < -0.4 is 4.90 Å². The summed E-state index contributed by atoms with van der Waals surface area (Å²) in [7, 11) is 3.67. The Labute approximate surface area is 99.6 Å². The van der Waals surface area contributed by atoms with Crippen LogP contribution in [0.4, 0.5) is 5.82 Å². The van der Waals surface area contributed by atoms with E-state index in [1.165, 1.54) is 6.33 Å². The van der Waals surface area contributed by atoms with Crippen molar-refractivity contribution in [3.63, 3.8) is 0 Å². The first-order valence-electron chi connectivity index (χ1n) is 5.22. The maximum Gasteiger partial charge on any atom is 0.375 e. The first-order chi connectivity index (χ1) is 8.04. The fraction of sp³-hybridized carbons (Fsp3) is 0.455. The molecule has 0 aromatic carbocycles. The smallest absolute Gasteiger partial charge is 0.375 e. The summed E-state index contributed by atoms with van der Waals surface area (Å²) < 4.78 is 4.61. The molecule has 0 unspecified atom stereocenters. The van der Waals surface area contributed by atoms with Gasteiger partial charge in [-0.25, -0.2) is 14.8 Å². The molecule has 0 amide bonds. The Kier molecular flexibility index (Phi) is 4.56. The number of Topliss-reactive ketones (excluding diaryl/α,β-unsaturated/α-hetero) is 1. The molecule has 1 aromatic rings. The van der Waals surface area contributed by atoms with E-state index < -0.39 is 11.8 Å². The van der Waals surface area contributed by atoms with Crippen LogP contribution in [0, 0.1) is 0 Å². The third-order valence-electron chi connectivity index (χ3n) is 2.01. The van der Waals surface area contributed by atoms with Crippen LogP contribution in [-0.4, -0.2) is 42.4 Å². The number of nitrogens with zero attached hydrogens (tertiary/aromatic N) is 3. The Morgan fingerprint density at radius 3 is 2.65 bits per heavy atom. The lowest BCUT2D eigenvalue weighted by molar-refractivity contribution is -0.153. The molecule has 0 bridgehead atoms. The van der Waals surface area contributed by atoms with Crippen molar-refractivity contribution >= 4 is 17.6 Å². The van der Waals surface area contributed by atoms with Gasteiger partial charge in [-0.3, -0.25) is 4.79 Å². The molecule has 17 heavy (non-hydrogen) atoms. The van der Waals surface area contributed by atoms with Crippen LogP contribution >= 0.6 is 0 Å². The normalized spacial score (nSPS) is 9.82. The van der Waals surface area contributed by atoms with Crippen LogP contribution in [0.15, 0.2) is 12.4 Å². The Balaban J connectivity index is 2.71. The standard InChI is InChI=1S/C11H15N3O3/c1-4-17-11(16)9(15)5-8-6-10(14(2)3)13-7-12-8/h6-7H,4-5H2,1-3H3. The quantitative estimate of drug-likeness (QED) is 0.538. The average molecular weight is 237 g/mol. The molecule has 0 spiro atoms. The second kappa shape index (κ2) is 5.93. The Hall–Kier alpha value is -1.98. The molecule has 92 valence electrons. The lowest BCUT2D eigenvalue weighted by Gasteiger charge is -2.11. The molecule has 0 N–H and O–H groups in total. The van der Waals surface area contributed by atoms with E-state index in [9.17, 15) is 9.59 Å². The van der Waals surface area contributed by atoms with Gasteiger partial charge in [-0.1, -0.05) is 0 Å². The largest absolute Gasteiger partial charge is 0.460 e. The van der Waals surface area contributed by atoms with Crippen molar-refractivity contribution in [1.29, 1.82) is 0 Å². The van der Waals surface area contributed by atoms with Crippen LogP contribution in [0.1, 0.15) is 12.6 Å². The summed E-state index contributed by atoms with van der Waals surface area (Å²) in [5, 5.41) is 0. The predicted molar refractivity (Wildman–Crippen MR) is 61.7 cm³/mol. The topological polar surface area (TPSA) is 72.4 Å². The van der Waals surface area contributed by atoms with E-state index in [2.05, 4.69) is 14.7 Å². The maximum atomic E-state index is 11.4. The number of ether oxygens (including phenoxy) is 1. The molecule has 6 nitrogen and oxygen atoms in total. The molecule has 1 aromatic heterocycles. The van der Waals surface area contributed by atoms with E-state index in [0.717, 1.165) is 0 Å². The summed E-state index contributed by atoms with van der Waals surface area (Å²) in [6.07, 6.45) is 1.30. The first kappa shape index (κ1) is 13.1. The van der Waals surface area contributed by atoms with Gasteiger partial charge in [-0.15, -0.1) is 0 Å². The number of rotatable bonds is 5. The van der Waals surface area contributed by atoms with Gasteiger partial charge in [0.05, 0.1) is 18.7 Å². The molecule has 1 rings (SSSR count). The van der Waals surface area contributed by atoms with Gasteiger partial charge in [0.15, 0.2) is 0 Å². The van der Waals surface area contributed by atoms with Crippen molar-refractivity contribution < 1.29 is 14.3 Å². The number of anilines is 1. The summed E-state index contributed by atoms with van der Waals surface area (Å²) in [5.41, 5.74) is 0.502. The minimum Gasteiger partial charge on any atom is -0.460 e. The zero-order valence-corrected chi connectivity index (χ0v) is 10.1. The fourth-order valence-corrected chi connectivity index (χ4v) is 1.18. The Morgan fingerprint density at radius 1 is 1.35 bits per heavy atom. The van der Waals surface area contributed by atoms with Crippen molar-refractivity contribution in [3.8, 4) is 0 Å². The minimum absolute atomic E-state index is 0.0673. The average Bonchev–Trinajstić information content (AvgIpc) is 2.29. The van der Waals surface area contributed by atoms with Gasteiger partial charge < -0.3 is 9.64 Å². The number of carbonyl (C=O) groups excluding carboxylic acids is 2. The third kappa shape index (κ3) is 3.82. The maximum absolute atomic E-state index is 11.4.